The SMILES string of the molecule is O=C(Nc1ccc(F)cc1)N1CCSC12C(=O)N(Cc1ccc(F)cc1)c1ccc(F)cc12. The van der Waals surface area contributed by atoms with Crippen molar-refractivity contribution in [2.45, 2.75) is 11.4 Å². The zero-order valence-electron chi connectivity index (χ0n) is 17.2. The molecule has 3 aromatic carbocycles. The van der Waals surface area contributed by atoms with Crippen LogP contribution in [-0.4, -0.2) is 29.1 Å². The van der Waals surface area contributed by atoms with Gasteiger partial charge in [0.15, 0.2) is 4.87 Å². The van der Waals surface area contributed by atoms with Crippen molar-refractivity contribution in [3.05, 3.63) is 95.3 Å². The van der Waals surface area contributed by atoms with E-state index in [4.69, 9.17) is 0 Å². The molecule has 9 heteroatoms. The summed E-state index contributed by atoms with van der Waals surface area (Å²) in [4.78, 5) is 28.5. The first kappa shape index (κ1) is 21.4. The number of rotatable bonds is 3. The van der Waals surface area contributed by atoms with Gasteiger partial charge in [0.1, 0.15) is 17.5 Å². The molecule has 0 bridgehead atoms. The van der Waals surface area contributed by atoms with Crippen molar-refractivity contribution in [3.8, 4) is 0 Å². The van der Waals surface area contributed by atoms with E-state index in [1.54, 1.807) is 12.1 Å². The van der Waals surface area contributed by atoms with Gasteiger partial charge in [-0.05, 0) is 60.2 Å². The Hall–Kier alpha value is -3.46. The molecule has 0 radical (unpaired) electrons. The topological polar surface area (TPSA) is 52.7 Å². The molecule has 33 heavy (non-hydrogen) atoms. The second-order valence-electron chi connectivity index (χ2n) is 7.76. The van der Waals surface area contributed by atoms with Crippen molar-refractivity contribution < 1.29 is 22.8 Å². The Kier molecular flexibility index (Phi) is 5.28. The number of benzene rings is 3. The molecule has 0 saturated carbocycles. The maximum atomic E-state index is 14.3. The Labute approximate surface area is 192 Å². The van der Waals surface area contributed by atoms with Crippen LogP contribution in [0.25, 0.3) is 0 Å². The summed E-state index contributed by atoms with van der Waals surface area (Å²) in [6.45, 7) is 0.414. The third kappa shape index (κ3) is 3.62. The molecule has 5 nitrogen and oxygen atoms in total. The number of anilines is 2. The lowest BCUT2D eigenvalue weighted by Crippen LogP contribution is -2.51. The van der Waals surface area contributed by atoms with Crippen LogP contribution >= 0.6 is 11.8 Å². The van der Waals surface area contributed by atoms with E-state index in [1.807, 2.05) is 0 Å². The lowest BCUT2D eigenvalue weighted by molar-refractivity contribution is -0.123. The van der Waals surface area contributed by atoms with E-state index in [-0.39, 0.29) is 24.8 Å². The van der Waals surface area contributed by atoms with Crippen molar-refractivity contribution in [1.82, 2.24) is 4.90 Å². The Morgan fingerprint density at radius 3 is 2.27 bits per heavy atom. The molecule has 2 heterocycles. The number of carbonyl (C=O) groups excluding carboxylic acids is 2. The molecule has 1 unspecified atom stereocenters. The number of thioether (sulfide) groups is 1. The average molecular weight is 469 g/mol. The largest absolute Gasteiger partial charge is 0.323 e. The van der Waals surface area contributed by atoms with Crippen molar-refractivity contribution in [3.63, 3.8) is 0 Å². The summed E-state index contributed by atoms with van der Waals surface area (Å²) in [5, 5.41) is 2.70. The van der Waals surface area contributed by atoms with Gasteiger partial charge in [0.2, 0.25) is 0 Å². The van der Waals surface area contributed by atoms with Crippen LogP contribution in [0.5, 0.6) is 0 Å². The Balaban J connectivity index is 1.52. The Morgan fingerprint density at radius 1 is 0.939 bits per heavy atom. The van der Waals surface area contributed by atoms with Gasteiger partial charge in [-0.15, -0.1) is 11.8 Å². The van der Waals surface area contributed by atoms with Crippen molar-refractivity contribution >= 4 is 35.1 Å². The second kappa shape index (κ2) is 8.15. The molecule has 2 aliphatic rings. The van der Waals surface area contributed by atoms with Crippen LogP contribution < -0.4 is 10.2 Å². The zero-order chi connectivity index (χ0) is 23.2. The molecule has 5 rings (SSSR count). The van der Waals surface area contributed by atoms with Crippen molar-refractivity contribution in [2.75, 3.05) is 22.5 Å². The lowest BCUT2D eigenvalue weighted by Gasteiger charge is -2.33. The maximum absolute atomic E-state index is 14.3. The van der Waals surface area contributed by atoms with Gasteiger partial charge in [0.25, 0.3) is 5.91 Å². The monoisotopic (exact) mass is 469 g/mol. The van der Waals surface area contributed by atoms with E-state index in [0.29, 0.717) is 28.3 Å². The van der Waals surface area contributed by atoms with Gasteiger partial charge in [-0.2, -0.15) is 0 Å². The van der Waals surface area contributed by atoms with Gasteiger partial charge in [0, 0.05) is 23.5 Å². The summed E-state index contributed by atoms with van der Waals surface area (Å²) in [5.74, 6) is -1.24. The fourth-order valence-corrected chi connectivity index (χ4v) is 5.69. The molecule has 1 saturated heterocycles. The summed E-state index contributed by atoms with van der Waals surface area (Å²) in [5.41, 5.74) is 1.97. The van der Waals surface area contributed by atoms with E-state index in [9.17, 15) is 22.8 Å². The molecule has 1 fully saturated rings. The third-order valence-electron chi connectivity index (χ3n) is 5.75. The molecule has 0 aliphatic carbocycles. The van der Waals surface area contributed by atoms with Gasteiger partial charge < -0.3 is 10.2 Å². The van der Waals surface area contributed by atoms with E-state index in [1.165, 1.54) is 76.2 Å². The van der Waals surface area contributed by atoms with Gasteiger partial charge in [0.05, 0.1) is 12.2 Å². The number of amides is 3. The van der Waals surface area contributed by atoms with Gasteiger partial charge in [-0.25, -0.2) is 18.0 Å². The van der Waals surface area contributed by atoms with Crippen LogP contribution in [0.3, 0.4) is 0 Å². The summed E-state index contributed by atoms with van der Waals surface area (Å²) in [6, 6.07) is 14.6. The summed E-state index contributed by atoms with van der Waals surface area (Å²) < 4.78 is 40.9. The Bertz CT molecular complexity index is 1240. The Morgan fingerprint density at radius 2 is 1.58 bits per heavy atom. The molecule has 1 spiro atoms. The highest BCUT2D eigenvalue weighted by molar-refractivity contribution is 8.01. The highest BCUT2D eigenvalue weighted by Crippen LogP contribution is 2.54. The van der Waals surface area contributed by atoms with Crippen molar-refractivity contribution in [1.29, 1.82) is 0 Å². The second-order valence-corrected chi connectivity index (χ2v) is 9.05. The molecule has 2 aliphatic heterocycles. The molecule has 1 atom stereocenters. The number of halogens is 3. The molecule has 1 N–H and O–H groups in total. The van der Waals surface area contributed by atoms with Crippen molar-refractivity contribution in [2.24, 2.45) is 0 Å². The number of urea groups is 1. The molecule has 0 aromatic heterocycles. The number of fused-ring (bicyclic) bond motifs is 2. The normalized spacial score (nSPS) is 19.3. The van der Waals surface area contributed by atoms with Crippen LogP contribution in [-0.2, 0) is 16.2 Å². The molecule has 3 aromatic rings. The summed E-state index contributed by atoms with van der Waals surface area (Å²) in [7, 11) is 0. The first-order valence-corrected chi connectivity index (χ1v) is 11.2. The maximum Gasteiger partial charge on any atom is 0.323 e. The molecular weight excluding hydrogens is 451 g/mol. The number of hydrogen-bond acceptors (Lipinski definition) is 3. The van der Waals surface area contributed by atoms with E-state index >= 15 is 0 Å². The zero-order valence-corrected chi connectivity index (χ0v) is 18.0. The predicted molar refractivity (Wildman–Crippen MR) is 120 cm³/mol. The van der Waals surface area contributed by atoms with Gasteiger partial charge in [-0.3, -0.25) is 9.69 Å². The van der Waals surface area contributed by atoms with E-state index < -0.39 is 22.5 Å². The highest BCUT2D eigenvalue weighted by atomic mass is 32.2. The minimum Gasteiger partial charge on any atom is -0.308 e. The third-order valence-corrected chi connectivity index (χ3v) is 7.17. The lowest BCUT2D eigenvalue weighted by atomic mass is 10.1. The van der Waals surface area contributed by atoms with Crippen LogP contribution in [0, 0.1) is 17.5 Å². The van der Waals surface area contributed by atoms with Gasteiger partial charge >= 0.3 is 6.03 Å². The number of carbonyl (C=O) groups is 2. The fourth-order valence-electron chi connectivity index (χ4n) is 4.24. The number of hydrogen-bond donors (Lipinski definition) is 1. The van der Waals surface area contributed by atoms with Crippen LogP contribution in [0.15, 0.2) is 66.7 Å². The quantitative estimate of drug-likeness (QED) is 0.582. The number of nitrogens with zero attached hydrogens (tertiary/aromatic N) is 2. The summed E-state index contributed by atoms with van der Waals surface area (Å²) in [6.07, 6.45) is 0. The number of nitrogens with one attached hydrogen (secondary N) is 1. The van der Waals surface area contributed by atoms with Gasteiger partial charge in [-0.1, -0.05) is 12.1 Å². The predicted octanol–water partition coefficient (Wildman–Crippen LogP) is 5.08. The highest BCUT2D eigenvalue weighted by Gasteiger charge is 2.59. The van der Waals surface area contributed by atoms with Crippen LogP contribution in [0.1, 0.15) is 11.1 Å². The first-order valence-electron chi connectivity index (χ1n) is 10.2. The minimum absolute atomic E-state index is 0.146. The molecule has 3 amide bonds. The summed E-state index contributed by atoms with van der Waals surface area (Å²) >= 11 is 1.27. The molecular formula is C24H18F3N3O2S. The smallest absolute Gasteiger partial charge is 0.308 e. The minimum atomic E-state index is -1.43. The standard InChI is InChI=1S/C24H18F3N3O2S/c25-16-3-1-15(2-4-16)14-29-21-10-7-18(27)13-20(21)24(22(29)31)30(11-12-33-24)23(32)28-19-8-5-17(26)6-9-19/h1-10,13H,11-12,14H2,(H,28,32). The first-order chi connectivity index (χ1) is 15.9. The fraction of sp³-hybridized carbons (Fsp3) is 0.167. The van der Waals surface area contributed by atoms with E-state index in [0.717, 1.165) is 0 Å². The average Bonchev–Trinajstić information content (AvgIpc) is 3.34. The van der Waals surface area contributed by atoms with Crippen LogP contribution in [0.2, 0.25) is 0 Å². The molecule has 168 valence electrons. The van der Waals surface area contributed by atoms with Crippen LogP contribution in [0.4, 0.5) is 29.3 Å². The van der Waals surface area contributed by atoms with E-state index in [2.05, 4.69) is 5.32 Å².